The maximum Gasteiger partial charge on any atom is 0.149 e. The van der Waals surface area contributed by atoms with E-state index in [2.05, 4.69) is 47.8 Å². The summed E-state index contributed by atoms with van der Waals surface area (Å²) in [6.45, 7) is 8.41. The van der Waals surface area contributed by atoms with Crippen LogP contribution in [-0.2, 0) is 0 Å². The van der Waals surface area contributed by atoms with Crippen molar-refractivity contribution in [3.05, 3.63) is 23.4 Å². The van der Waals surface area contributed by atoms with Gasteiger partial charge in [0.1, 0.15) is 5.82 Å². The van der Waals surface area contributed by atoms with Gasteiger partial charge in [-0.2, -0.15) is 0 Å². The van der Waals surface area contributed by atoms with Crippen LogP contribution in [0.2, 0.25) is 0 Å². The molecular weight excluding hydrogens is 248 g/mol. The first-order valence-corrected chi connectivity index (χ1v) is 7.43. The molecule has 0 aliphatic heterocycles. The van der Waals surface area contributed by atoms with Crippen molar-refractivity contribution < 1.29 is 0 Å². The lowest BCUT2D eigenvalue weighted by Crippen LogP contribution is -2.10. The fraction of sp³-hybridized carbons (Fsp3) is 0.562. The van der Waals surface area contributed by atoms with Crippen LogP contribution in [-0.4, -0.2) is 32.2 Å². The summed E-state index contributed by atoms with van der Waals surface area (Å²) < 4.78 is 0. The van der Waals surface area contributed by atoms with Crippen molar-refractivity contribution in [2.24, 2.45) is 0 Å². The highest BCUT2D eigenvalue weighted by atomic mass is 15.0. The lowest BCUT2D eigenvalue weighted by Gasteiger charge is -2.15. The van der Waals surface area contributed by atoms with Crippen LogP contribution in [0.4, 0.5) is 11.5 Å². The molecule has 0 aliphatic rings. The predicted octanol–water partition coefficient (Wildman–Crippen LogP) is 3.35. The van der Waals surface area contributed by atoms with E-state index in [4.69, 9.17) is 0 Å². The largest absolute Gasteiger partial charge is 0.382 e. The van der Waals surface area contributed by atoms with Crippen molar-refractivity contribution in [3.8, 4) is 0 Å². The SMILES string of the molecule is CCCNc1cc(/C(CC)=C(\C)CNC)cnc1NC. The normalized spacial score (nSPS) is 12.1. The summed E-state index contributed by atoms with van der Waals surface area (Å²) in [5.74, 6) is 0.906. The lowest BCUT2D eigenvalue weighted by atomic mass is 9.99. The van der Waals surface area contributed by atoms with Crippen molar-refractivity contribution in [2.45, 2.75) is 33.6 Å². The van der Waals surface area contributed by atoms with Gasteiger partial charge in [-0.3, -0.25) is 0 Å². The number of allylic oxidation sites excluding steroid dienone is 1. The van der Waals surface area contributed by atoms with Crippen LogP contribution < -0.4 is 16.0 Å². The Kier molecular flexibility index (Phi) is 7.09. The van der Waals surface area contributed by atoms with Crippen LogP contribution in [0.25, 0.3) is 5.57 Å². The third kappa shape index (κ3) is 4.23. The average molecular weight is 276 g/mol. The van der Waals surface area contributed by atoms with E-state index in [0.717, 1.165) is 37.4 Å². The number of nitrogens with zero attached hydrogens (tertiary/aromatic N) is 1. The number of nitrogens with one attached hydrogen (secondary N) is 3. The predicted molar refractivity (Wildman–Crippen MR) is 89.4 cm³/mol. The number of aromatic nitrogens is 1. The van der Waals surface area contributed by atoms with Gasteiger partial charge in [0.05, 0.1) is 5.69 Å². The topological polar surface area (TPSA) is 49.0 Å². The molecule has 0 aromatic carbocycles. The third-order valence-corrected chi connectivity index (χ3v) is 3.35. The molecule has 1 heterocycles. The van der Waals surface area contributed by atoms with Crippen LogP contribution in [0.15, 0.2) is 17.8 Å². The first-order valence-electron chi connectivity index (χ1n) is 7.43. The van der Waals surface area contributed by atoms with E-state index in [1.54, 1.807) is 0 Å². The Balaban J connectivity index is 3.14. The molecule has 0 spiro atoms. The van der Waals surface area contributed by atoms with E-state index < -0.39 is 0 Å². The molecule has 1 aromatic heterocycles. The molecule has 112 valence electrons. The zero-order chi connectivity index (χ0) is 15.0. The molecule has 4 nitrogen and oxygen atoms in total. The van der Waals surface area contributed by atoms with Gasteiger partial charge in [-0.1, -0.05) is 19.4 Å². The molecule has 0 unspecified atom stereocenters. The fourth-order valence-corrected chi connectivity index (χ4v) is 2.35. The molecule has 20 heavy (non-hydrogen) atoms. The summed E-state index contributed by atoms with van der Waals surface area (Å²) in [4.78, 5) is 4.53. The highest BCUT2D eigenvalue weighted by Gasteiger charge is 2.08. The zero-order valence-electron chi connectivity index (χ0n) is 13.4. The standard InChI is InChI=1S/C16H28N4/c1-6-8-19-15-9-13(11-20-16(15)18-5)14(7-2)12(3)10-17-4/h9,11,17,19H,6-8,10H2,1-5H3,(H,18,20)/b14-12+. The molecule has 0 fully saturated rings. The Morgan fingerprint density at radius 1 is 1.25 bits per heavy atom. The minimum absolute atomic E-state index is 0.906. The molecule has 0 saturated heterocycles. The van der Waals surface area contributed by atoms with Gasteiger partial charge in [-0.15, -0.1) is 0 Å². The van der Waals surface area contributed by atoms with Gasteiger partial charge < -0.3 is 16.0 Å². The molecule has 0 radical (unpaired) electrons. The molecular formula is C16H28N4. The second kappa shape index (κ2) is 8.59. The van der Waals surface area contributed by atoms with Gasteiger partial charge >= 0.3 is 0 Å². The highest BCUT2D eigenvalue weighted by molar-refractivity contribution is 5.75. The fourth-order valence-electron chi connectivity index (χ4n) is 2.35. The first-order chi connectivity index (χ1) is 9.67. The second-order valence-corrected chi connectivity index (χ2v) is 4.94. The van der Waals surface area contributed by atoms with E-state index in [1.807, 2.05) is 20.3 Å². The number of anilines is 2. The summed E-state index contributed by atoms with van der Waals surface area (Å²) in [5, 5.41) is 9.80. The molecule has 1 aromatic rings. The van der Waals surface area contributed by atoms with Gasteiger partial charge in [0, 0.05) is 26.3 Å². The maximum absolute atomic E-state index is 4.53. The number of pyridine rings is 1. The van der Waals surface area contributed by atoms with Gasteiger partial charge in [-0.05, 0) is 44.0 Å². The number of likely N-dealkylation sites (N-methyl/N-ethyl adjacent to an activating group) is 1. The van der Waals surface area contributed by atoms with Crippen molar-refractivity contribution in [1.29, 1.82) is 0 Å². The number of hydrogen-bond donors (Lipinski definition) is 3. The summed E-state index contributed by atoms with van der Waals surface area (Å²) >= 11 is 0. The zero-order valence-corrected chi connectivity index (χ0v) is 13.4. The van der Waals surface area contributed by atoms with Crippen LogP contribution in [0.3, 0.4) is 0 Å². The molecule has 0 amide bonds. The van der Waals surface area contributed by atoms with Crippen LogP contribution >= 0.6 is 0 Å². The maximum atomic E-state index is 4.53. The van der Waals surface area contributed by atoms with Crippen molar-refractivity contribution in [3.63, 3.8) is 0 Å². The van der Waals surface area contributed by atoms with E-state index in [9.17, 15) is 0 Å². The van der Waals surface area contributed by atoms with Crippen molar-refractivity contribution in [1.82, 2.24) is 10.3 Å². The third-order valence-electron chi connectivity index (χ3n) is 3.35. The summed E-state index contributed by atoms with van der Waals surface area (Å²) in [7, 11) is 3.88. The van der Waals surface area contributed by atoms with E-state index >= 15 is 0 Å². The second-order valence-electron chi connectivity index (χ2n) is 4.94. The number of hydrogen-bond acceptors (Lipinski definition) is 4. The van der Waals surface area contributed by atoms with Gasteiger partial charge in [0.15, 0.2) is 0 Å². The summed E-state index contributed by atoms with van der Waals surface area (Å²) in [6.07, 6.45) is 4.07. The summed E-state index contributed by atoms with van der Waals surface area (Å²) in [6, 6.07) is 2.20. The van der Waals surface area contributed by atoms with Crippen LogP contribution in [0.5, 0.6) is 0 Å². The lowest BCUT2D eigenvalue weighted by molar-refractivity contribution is 0.877. The van der Waals surface area contributed by atoms with Gasteiger partial charge in [-0.25, -0.2) is 4.98 Å². The molecule has 0 atom stereocenters. The molecule has 3 N–H and O–H groups in total. The van der Waals surface area contributed by atoms with Gasteiger partial charge in [0.25, 0.3) is 0 Å². The molecule has 0 aliphatic carbocycles. The minimum atomic E-state index is 0.906. The monoisotopic (exact) mass is 276 g/mol. The molecule has 4 heteroatoms. The van der Waals surface area contributed by atoms with E-state index in [-0.39, 0.29) is 0 Å². The Morgan fingerprint density at radius 2 is 2.00 bits per heavy atom. The van der Waals surface area contributed by atoms with Gasteiger partial charge in [0.2, 0.25) is 0 Å². The highest BCUT2D eigenvalue weighted by Crippen LogP contribution is 2.27. The molecule has 0 saturated carbocycles. The van der Waals surface area contributed by atoms with E-state index in [0.29, 0.717) is 0 Å². The Labute approximate surface area is 123 Å². The Bertz CT molecular complexity index is 452. The van der Waals surface area contributed by atoms with E-state index in [1.165, 1.54) is 16.7 Å². The van der Waals surface area contributed by atoms with Crippen LogP contribution in [0.1, 0.15) is 39.2 Å². The average Bonchev–Trinajstić information content (AvgIpc) is 2.46. The van der Waals surface area contributed by atoms with Crippen LogP contribution in [0, 0.1) is 0 Å². The first kappa shape index (κ1) is 16.5. The molecule has 0 bridgehead atoms. The van der Waals surface area contributed by atoms with Crippen molar-refractivity contribution in [2.75, 3.05) is 37.8 Å². The minimum Gasteiger partial charge on any atom is -0.382 e. The van der Waals surface area contributed by atoms with Crippen molar-refractivity contribution >= 4 is 17.1 Å². The number of rotatable bonds is 8. The molecule has 1 rings (SSSR count). The Hall–Kier alpha value is -1.55. The summed E-state index contributed by atoms with van der Waals surface area (Å²) in [5.41, 5.74) is 5.03. The smallest absolute Gasteiger partial charge is 0.149 e. The quantitative estimate of drug-likeness (QED) is 0.681. The Morgan fingerprint density at radius 3 is 2.55 bits per heavy atom.